The molecule has 2 atom stereocenters. The summed E-state index contributed by atoms with van der Waals surface area (Å²) in [6, 6.07) is 21.8. The van der Waals surface area contributed by atoms with Crippen LogP contribution in [-0.4, -0.2) is 12.4 Å². The lowest BCUT2D eigenvalue weighted by atomic mass is 9.72. The van der Waals surface area contributed by atoms with Crippen molar-refractivity contribution in [2.24, 2.45) is 4.99 Å². The molecule has 1 aliphatic heterocycles. The molecule has 3 aromatic rings. The van der Waals surface area contributed by atoms with E-state index in [1.54, 1.807) is 0 Å². The maximum atomic E-state index is 6.18. The van der Waals surface area contributed by atoms with Crippen LogP contribution in [0.3, 0.4) is 0 Å². The Bertz CT molecular complexity index is 1130. The Labute approximate surface area is 201 Å². The largest absolute Gasteiger partial charge is 0.493 e. The Morgan fingerprint density at radius 1 is 0.903 bits per heavy atom. The van der Waals surface area contributed by atoms with Crippen molar-refractivity contribution in [3.63, 3.8) is 0 Å². The number of aliphatic imine (C=N–C) groups is 1. The van der Waals surface area contributed by atoms with Gasteiger partial charge in [0.05, 0.1) is 17.7 Å². The smallest absolute Gasteiger partial charge is 0.133 e. The maximum Gasteiger partial charge on any atom is 0.133 e. The zero-order chi connectivity index (χ0) is 22.2. The number of hydrogen-bond acceptors (Lipinski definition) is 3. The number of hydrogen-bond donors (Lipinski definition) is 1. The van der Waals surface area contributed by atoms with Gasteiger partial charge in [0, 0.05) is 14.5 Å². The van der Waals surface area contributed by atoms with Crippen LogP contribution in [0.15, 0.2) is 76.2 Å². The summed E-state index contributed by atoms with van der Waals surface area (Å²) >= 11 is 15.9. The first-order chi connectivity index (χ1) is 14.8. The van der Waals surface area contributed by atoms with Crippen molar-refractivity contribution in [3.05, 3.63) is 97.9 Å². The molecule has 1 N–H and O–H groups in total. The molecule has 0 aliphatic carbocycles. The fraction of sp³-hybridized carbons (Fsp3) is 0.240. The van der Waals surface area contributed by atoms with Gasteiger partial charge in [-0.1, -0.05) is 63.4 Å². The number of halogens is 3. The molecule has 6 heteroatoms. The monoisotopic (exact) mass is 516 g/mol. The number of benzene rings is 3. The molecule has 0 saturated heterocycles. The van der Waals surface area contributed by atoms with Crippen LogP contribution in [0.5, 0.6) is 5.75 Å². The normalized spacial score (nSPS) is 22.7. The molecule has 0 bridgehead atoms. The summed E-state index contributed by atoms with van der Waals surface area (Å²) in [4.78, 5) is 5.25. The zero-order valence-corrected chi connectivity index (χ0v) is 20.6. The van der Waals surface area contributed by atoms with Crippen LogP contribution in [0.2, 0.25) is 10.0 Å². The van der Waals surface area contributed by atoms with Gasteiger partial charge in [0.25, 0.3) is 0 Å². The van der Waals surface area contributed by atoms with Gasteiger partial charge in [-0.3, -0.25) is 4.99 Å². The Kier molecular flexibility index (Phi) is 6.08. The van der Waals surface area contributed by atoms with E-state index < -0.39 is 11.1 Å². The maximum absolute atomic E-state index is 6.18. The van der Waals surface area contributed by atoms with Crippen molar-refractivity contribution in [2.75, 3.05) is 6.61 Å². The van der Waals surface area contributed by atoms with E-state index in [9.17, 15) is 0 Å². The first-order valence-electron chi connectivity index (χ1n) is 10.1. The van der Waals surface area contributed by atoms with Gasteiger partial charge in [0.1, 0.15) is 17.1 Å². The van der Waals surface area contributed by atoms with E-state index in [1.165, 1.54) is 0 Å². The lowest BCUT2D eigenvalue weighted by Gasteiger charge is -2.40. The highest BCUT2D eigenvalue weighted by molar-refractivity contribution is 9.10. The van der Waals surface area contributed by atoms with Gasteiger partial charge in [-0.05, 0) is 74.4 Å². The molecular weight excluding hydrogens is 495 g/mol. The van der Waals surface area contributed by atoms with Crippen LogP contribution in [0, 0.1) is 0 Å². The molecule has 0 saturated carbocycles. The molecule has 0 amide bonds. The summed E-state index contributed by atoms with van der Waals surface area (Å²) in [7, 11) is 0. The molecule has 31 heavy (non-hydrogen) atoms. The van der Waals surface area contributed by atoms with Gasteiger partial charge in [0.2, 0.25) is 0 Å². The van der Waals surface area contributed by atoms with Gasteiger partial charge in [-0.25, -0.2) is 0 Å². The summed E-state index contributed by atoms with van der Waals surface area (Å²) in [5.41, 5.74) is 1.94. The van der Waals surface area contributed by atoms with Crippen molar-refractivity contribution in [3.8, 4) is 5.75 Å². The first-order valence-corrected chi connectivity index (χ1v) is 11.6. The van der Waals surface area contributed by atoms with Crippen molar-refractivity contribution in [2.45, 2.75) is 31.8 Å². The first kappa shape index (κ1) is 22.2. The second-order valence-electron chi connectivity index (χ2n) is 7.87. The fourth-order valence-electron chi connectivity index (χ4n) is 4.08. The second-order valence-corrected chi connectivity index (χ2v) is 9.66. The summed E-state index contributed by atoms with van der Waals surface area (Å²) in [5, 5.41) is 5.12. The molecule has 0 radical (unpaired) electrons. The quantitative estimate of drug-likeness (QED) is 0.384. The van der Waals surface area contributed by atoms with E-state index >= 15 is 0 Å². The van der Waals surface area contributed by atoms with Gasteiger partial charge >= 0.3 is 0 Å². The van der Waals surface area contributed by atoms with Gasteiger partial charge < -0.3 is 10.1 Å². The van der Waals surface area contributed by atoms with Crippen LogP contribution < -0.4 is 10.1 Å². The Hall–Kier alpha value is -2.01. The lowest BCUT2D eigenvalue weighted by molar-refractivity contribution is 0.268. The van der Waals surface area contributed by atoms with Crippen molar-refractivity contribution in [1.29, 1.82) is 0 Å². The molecule has 160 valence electrons. The minimum Gasteiger partial charge on any atom is -0.493 e. The highest BCUT2D eigenvalue weighted by Gasteiger charge is 2.52. The molecular formula is C25H23BrCl2N2O. The van der Waals surface area contributed by atoms with Crippen LogP contribution in [-0.2, 0) is 11.1 Å². The van der Waals surface area contributed by atoms with Crippen LogP contribution in [0.4, 0.5) is 0 Å². The standard InChI is InChI=1S/C25H23BrCl2N2O/c1-4-31-22-15-18(26)9-14-21(22)23-29-24(2,16-5-10-19(27)11-6-16)25(3,30-23)17-7-12-20(28)13-8-17/h5-15H,4H2,1-3H3,(H,29,30)/t24-,25-/m0/s1. The highest BCUT2D eigenvalue weighted by Crippen LogP contribution is 2.48. The fourth-order valence-corrected chi connectivity index (χ4v) is 4.67. The number of nitrogens with zero attached hydrogens (tertiary/aromatic N) is 1. The van der Waals surface area contributed by atoms with Crippen molar-refractivity contribution in [1.82, 2.24) is 5.32 Å². The number of rotatable bonds is 5. The zero-order valence-electron chi connectivity index (χ0n) is 17.5. The van der Waals surface area contributed by atoms with E-state index in [4.69, 9.17) is 32.9 Å². The summed E-state index contributed by atoms with van der Waals surface area (Å²) < 4.78 is 6.88. The van der Waals surface area contributed by atoms with Crippen LogP contribution in [0.25, 0.3) is 0 Å². The number of nitrogens with one attached hydrogen (secondary N) is 1. The summed E-state index contributed by atoms with van der Waals surface area (Å²) in [5.74, 6) is 1.56. The molecule has 0 spiro atoms. The molecule has 4 rings (SSSR count). The van der Waals surface area contributed by atoms with E-state index in [1.807, 2.05) is 73.7 Å². The third kappa shape index (κ3) is 3.97. The van der Waals surface area contributed by atoms with Crippen molar-refractivity contribution < 1.29 is 4.74 Å². The minimum absolute atomic E-state index is 0.530. The molecule has 1 heterocycles. The molecule has 3 nitrogen and oxygen atoms in total. The molecule has 0 unspecified atom stereocenters. The SMILES string of the molecule is CCOc1cc(Br)ccc1C1=N[C@@](C)(c2ccc(Cl)cc2)[C@](C)(c2ccc(Cl)cc2)N1. The predicted molar refractivity (Wildman–Crippen MR) is 133 cm³/mol. The van der Waals surface area contributed by atoms with Gasteiger partial charge in [-0.2, -0.15) is 0 Å². The summed E-state index contributed by atoms with van der Waals surface area (Å²) in [6.07, 6.45) is 0. The molecule has 3 aromatic carbocycles. The van der Waals surface area contributed by atoms with Gasteiger partial charge in [-0.15, -0.1) is 0 Å². The molecule has 0 aromatic heterocycles. The third-order valence-electron chi connectivity index (χ3n) is 6.00. The third-order valence-corrected chi connectivity index (χ3v) is 7.00. The van der Waals surface area contributed by atoms with Crippen molar-refractivity contribution >= 4 is 45.0 Å². The van der Waals surface area contributed by atoms with E-state index in [2.05, 4.69) is 35.1 Å². The van der Waals surface area contributed by atoms with E-state index in [0.717, 1.165) is 32.7 Å². The topological polar surface area (TPSA) is 33.6 Å². The Morgan fingerprint density at radius 3 is 2.06 bits per heavy atom. The van der Waals surface area contributed by atoms with Crippen LogP contribution in [0.1, 0.15) is 37.5 Å². The lowest BCUT2D eigenvalue weighted by Crippen LogP contribution is -2.50. The van der Waals surface area contributed by atoms with Crippen LogP contribution >= 0.6 is 39.1 Å². The predicted octanol–water partition coefficient (Wildman–Crippen LogP) is 7.34. The Balaban J connectivity index is 1.90. The van der Waals surface area contributed by atoms with Gasteiger partial charge in [0.15, 0.2) is 0 Å². The highest BCUT2D eigenvalue weighted by atomic mass is 79.9. The molecule has 1 aliphatic rings. The Morgan fingerprint density at radius 2 is 1.48 bits per heavy atom. The summed E-state index contributed by atoms with van der Waals surface area (Å²) in [6.45, 7) is 6.86. The second kappa shape index (κ2) is 8.50. The van der Waals surface area contributed by atoms with E-state index in [0.29, 0.717) is 16.7 Å². The molecule has 0 fully saturated rings. The number of amidine groups is 1. The van der Waals surface area contributed by atoms with E-state index in [-0.39, 0.29) is 0 Å². The average molecular weight is 518 g/mol. The average Bonchev–Trinajstić information content (AvgIpc) is 3.02. The minimum atomic E-state index is -0.600. The number of ether oxygens (including phenoxy) is 1.